The predicted octanol–water partition coefficient (Wildman–Crippen LogP) is 3.30. The molecular formula is C26H29F3N6O3S. The van der Waals surface area contributed by atoms with Crippen LogP contribution < -0.4 is 16.4 Å². The number of nitrogens with two attached hydrogens (primary N) is 1. The molecule has 2 aromatic heterocycles. The van der Waals surface area contributed by atoms with Gasteiger partial charge in [-0.1, -0.05) is 12.1 Å². The van der Waals surface area contributed by atoms with Crippen LogP contribution in [0.25, 0.3) is 11.1 Å². The molecule has 1 aromatic carbocycles. The highest BCUT2D eigenvalue weighted by Crippen LogP contribution is 2.30. The average molecular weight is 563 g/mol. The number of rotatable bonds is 7. The summed E-state index contributed by atoms with van der Waals surface area (Å²) in [5.41, 5.74) is 6.59. The molecule has 0 spiro atoms. The van der Waals surface area contributed by atoms with E-state index in [1.54, 1.807) is 18.3 Å². The highest BCUT2D eigenvalue weighted by Gasteiger charge is 2.35. The lowest BCUT2D eigenvalue weighted by atomic mass is 9.88. The number of aliphatic hydroxyl groups excluding tert-OH is 1. The lowest BCUT2D eigenvalue weighted by Gasteiger charge is -2.35. The van der Waals surface area contributed by atoms with E-state index in [0.29, 0.717) is 12.2 Å². The molecule has 3 heterocycles. The van der Waals surface area contributed by atoms with Crippen LogP contribution in [0.1, 0.15) is 24.8 Å². The quantitative estimate of drug-likeness (QED) is 0.345. The van der Waals surface area contributed by atoms with Gasteiger partial charge in [0, 0.05) is 43.1 Å². The third-order valence-electron chi connectivity index (χ3n) is 7.08. The second-order valence-electron chi connectivity index (χ2n) is 9.93. The highest BCUT2D eigenvalue weighted by molar-refractivity contribution is 7.89. The number of nitrogens with one attached hydrogen (secondary N) is 2. The van der Waals surface area contributed by atoms with Crippen LogP contribution in [0.2, 0.25) is 0 Å². The Bertz CT molecular complexity index is 1380. The molecule has 0 radical (unpaired) electrons. The number of β-amino-alcohol motifs (C(OH)–C–C–N with tert-alkyl or cyclic N) is 1. The van der Waals surface area contributed by atoms with Crippen LogP contribution >= 0.6 is 0 Å². The van der Waals surface area contributed by atoms with Gasteiger partial charge >= 0.3 is 6.18 Å². The maximum absolute atomic E-state index is 13.2. The number of hydrogen-bond donors (Lipinski definition) is 4. The number of hydrogen-bond acceptors (Lipinski definition) is 8. The van der Waals surface area contributed by atoms with Crippen LogP contribution in [0, 0.1) is 0 Å². The molecule has 0 unspecified atom stereocenters. The summed E-state index contributed by atoms with van der Waals surface area (Å²) in [6.45, 7) is -0.0314. The standard InChI is InChI=1S/C26H29F3N6O3S/c27-26(28,29)18-4-8-25(32-14-18)34-22-9-10-35(15-23(22)36)39(37,38)21-5-1-16(2-6-21)17-3-7-24(31-13-17)33-20-11-19(30)12-20/h1-8,13-14,19-20,22-23,36H,9-12,15,30H2,(H,31,33)(H,32,34)/t19-,20+,22-,23+/m1/s1. The lowest BCUT2D eigenvalue weighted by molar-refractivity contribution is -0.137. The fraction of sp³-hybridized carbons (Fsp3) is 0.385. The lowest BCUT2D eigenvalue weighted by Crippen LogP contribution is -2.51. The molecule has 2 atom stereocenters. The van der Waals surface area contributed by atoms with E-state index >= 15 is 0 Å². The van der Waals surface area contributed by atoms with Crippen molar-refractivity contribution in [2.75, 3.05) is 23.7 Å². The second kappa shape index (κ2) is 10.7. The van der Waals surface area contributed by atoms with Crippen LogP contribution in [-0.2, 0) is 16.2 Å². The Kier molecular flexibility index (Phi) is 7.51. The minimum Gasteiger partial charge on any atom is -0.390 e. The van der Waals surface area contributed by atoms with Crippen molar-refractivity contribution < 1.29 is 26.7 Å². The van der Waals surface area contributed by atoms with Crippen molar-refractivity contribution >= 4 is 21.7 Å². The van der Waals surface area contributed by atoms with E-state index in [2.05, 4.69) is 20.6 Å². The number of piperidine rings is 1. The fourth-order valence-electron chi connectivity index (χ4n) is 4.73. The van der Waals surface area contributed by atoms with Crippen LogP contribution in [0.3, 0.4) is 0 Å². The maximum Gasteiger partial charge on any atom is 0.417 e. The number of sulfonamides is 1. The molecule has 13 heteroatoms. The molecule has 1 aliphatic heterocycles. The number of aliphatic hydroxyl groups is 1. The molecule has 2 aliphatic rings. The molecule has 208 valence electrons. The van der Waals surface area contributed by atoms with E-state index in [4.69, 9.17) is 5.73 Å². The smallest absolute Gasteiger partial charge is 0.390 e. The van der Waals surface area contributed by atoms with Gasteiger partial charge in [0.2, 0.25) is 10.0 Å². The van der Waals surface area contributed by atoms with Crippen LogP contribution in [0.4, 0.5) is 24.8 Å². The van der Waals surface area contributed by atoms with Gasteiger partial charge in [0.25, 0.3) is 0 Å². The van der Waals surface area contributed by atoms with Crippen molar-refractivity contribution in [3.05, 3.63) is 66.5 Å². The first kappa shape index (κ1) is 27.3. The van der Waals surface area contributed by atoms with Gasteiger partial charge in [-0.2, -0.15) is 17.5 Å². The minimum atomic E-state index is -4.49. The van der Waals surface area contributed by atoms with Crippen LogP contribution in [-0.4, -0.2) is 65.1 Å². The first-order valence-electron chi connectivity index (χ1n) is 12.6. The van der Waals surface area contributed by atoms with Crippen molar-refractivity contribution in [1.29, 1.82) is 0 Å². The van der Waals surface area contributed by atoms with Gasteiger partial charge < -0.3 is 21.5 Å². The van der Waals surface area contributed by atoms with E-state index < -0.39 is 33.9 Å². The number of aromatic nitrogens is 2. The topological polar surface area (TPSA) is 133 Å². The Balaban J connectivity index is 1.19. The first-order valence-corrected chi connectivity index (χ1v) is 14.0. The monoisotopic (exact) mass is 562 g/mol. The number of benzene rings is 1. The molecule has 5 rings (SSSR count). The molecule has 2 fully saturated rings. The SMILES string of the molecule is N[C@H]1C[C@@H](Nc2ccc(-c3ccc(S(=O)(=O)N4CC[C@@H](Nc5ccc(C(F)(F)F)cn5)[C@@H](O)C4)cc3)cn2)C1. The number of anilines is 2. The molecular weight excluding hydrogens is 533 g/mol. The van der Waals surface area contributed by atoms with Gasteiger partial charge in [0.15, 0.2) is 0 Å². The minimum absolute atomic E-state index is 0.0989. The van der Waals surface area contributed by atoms with Crippen molar-refractivity contribution in [2.45, 2.75) is 54.6 Å². The van der Waals surface area contributed by atoms with E-state index in [-0.39, 0.29) is 36.3 Å². The van der Waals surface area contributed by atoms with Crippen LogP contribution in [0.5, 0.6) is 0 Å². The second-order valence-corrected chi connectivity index (χ2v) is 11.9. The number of nitrogens with zero attached hydrogens (tertiary/aromatic N) is 3. The molecule has 1 saturated heterocycles. The Morgan fingerprint density at radius 3 is 2.13 bits per heavy atom. The number of halogens is 3. The van der Waals surface area contributed by atoms with E-state index in [1.807, 2.05) is 12.1 Å². The Hall–Kier alpha value is -3.26. The Morgan fingerprint density at radius 2 is 1.56 bits per heavy atom. The van der Waals surface area contributed by atoms with Gasteiger partial charge in [0.05, 0.1) is 22.6 Å². The van der Waals surface area contributed by atoms with E-state index in [9.17, 15) is 26.7 Å². The predicted molar refractivity (Wildman–Crippen MR) is 140 cm³/mol. The molecule has 0 amide bonds. The number of alkyl halides is 3. The molecule has 1 aliphatic carbocycles. The van der Waals surface area contributed by atoms with E-state index in [1.165, 1.54) is 22.5 Å². The fourth-order valence-corrected chi connectivity index (χ4v) is 6.21. The summed E-state index contributed by atoms with van der Waals surface area (Å²) in [5.74, 6) is 0.935. The zero-order valence-electron chi connectivity index (χ0n) is 20.8. The summed E-state index contributed by atoms with van der Waals surface area (Å²) in [5, 5.41) is 16.8. The Morgan fingerprint density at radius 1 is 0.923 bits per heavy atom. The highest BCUT2D eigenvalue weighted by atomic mass is 32.2. The summed E-state index contributed by atoms with van der Waals surface area (Å²) >= 11 is 0. The van der Waals surface area contributed by atoms with E-state index in [0.717, 1.165) is 35.9 Å². The van der Waals surface area contributed by atoms with Gasteiger partial charge in [-0.25, -0.2) is 18.4 Å². The van der Waals surface area contributed by atoms with Crippen molar-refractivity contribution in [3.63, 3.8) is 0 Å². The first-order chi connectivity index (χ1) is 18.5. The van der Waals surface area contributed by atoms with Crippen molar-refractivity contribution in [1.82, 2.24) is 14.3 Å². The normalized spacial score (nSPS) is 24.1. The zero-order valence-corrected chi connectivity index (χ0v) is 21.7. The molecule has 1 saturated carbocycles. The van der Waals surface area contributed by atoms with Gasteiger partial charge in [0.1, 0.15) is 11.6 Å². The largest absolute Gasteiger partial charge is 0.417 e. The zero-order chi connectivity index (χ0) is 27.8. The Labute approximate surface area is 224 Å². The summed E-state index contributed by atoms with van der Waals surface area (Å²) in [7, 11) is -3.86. The maximum atomic E-state index is 13.2. The molecule has 9 nitrogen and oxygen atoms in total. The summed E-state index contributed by atoms with van der Waals surface area (Å²) in [4.78, 5) is 8.30. The van der Waals surface area contributed by atoms with Gasteiger partial charge in [-0.3, -0.25) is 0 Å². The number of pyridine rings is 2. The summed E-state index contributed by atoms with van der Waals surface area (Å²) in [6.07, 6.45) is -1.05. The molecule has 3 aromatic rings. The van der Waals surface area contributed by atoms with Crippen molar-refractivity contribution in [3.8, 4) is 11.1 Å². The summed E-state index contributed by atoms with van der Waals surface area (Å²) in [6, 6.07) is 12.4. The van der Waals surface area contributed by atoms with Gasteiger partial charge in [-0.15, -0.1) is 0 Å². The summed E-state index contributed by atoms with van der Waals surface area (Å²) < 4.78 is 65.9. The molecule has 0 bridgehead atoms. The van der Waals surface area contributed by atoms with Crippen molar-refractivity contribution in [2.24, 2.45) is 5.73 Å². The molecule has 5 N–H and O–H groups in total. The third kappa shape index (κ3) is 6.16. The van der Waals surface area contributed by atoms with Crippen LogP contribution in [0.15, 0.2) is 65.8 Å². The average Bonchev–Trinajstić information content (AvgIpc) is 2.89. The third-order valence-corrected chi connectivity index (χ3v) is 8.96. The van der Waals surface area contributed by atoms with Gasteiger partial charge in [-0.05, 0) is 61.2 Å². The molecule has 39 heavy (non-hydrogen) atoms.